The molecule has 1 aromatic carbocycles. The van der Waals surface area contributed by atoms with Crippen molar-refractivity contribution in [3.8, 4) is 0 Å². The number of anilines is 1. The molecule has 3 aliphatic rings. The van der Waals surface area contributed by atoms with Crippen molar-refractivity contribution in [2.75, 3.05) is 63.8 Å². The molecule has 0 spiro atoms. The number of amides is 1. The van der Waals surface area contributed by atoms with E-state index in [4.69, 9.17) is 0 Å². The highest BCUT2D eigenvalue weighted by Crippen LogP contribution is 2.34. The molecule has 0 aromatic heterocycles. The Morgan fingerprint density at radius 3 is 2.35 bits per heavy atom. The van der Waals surface area contributed by atoms with Crippen LogP contribution in [0.15, 0.2) is 40.8 Å². The smallest absolute Gasteiger partial charge is 0.223 e. The molecule has 188 valence electrons. The van der Waals surface area contributed by atoms with E-state index < -0.39 is 0 Å². The summed E-state index contributed by atoms with van der Waals surface area (Å²) in [4.78, 5) is 23.6. The standard InChI is InChI=1S/C28H44N4OS/c1-28(2,3)23-5-7-24(8-6-23)31-19-17-29(18-20-31)16-13-27(33)32-15-4-14-30(21-22-32)25-9-11-26(34)12-10-25/h5,9-12,24,34H,4,6-8,13-22H2,1-3H3/t24-/m1/s1. The van der Waals surface area contributed by atoms with Crippen LogP contribution in [0.3, 0.4) is 0 Å². The van der Waals surface area contributed by atoms with Crippen molar-refractivity contribution in [1.29, 1.82) is 0 Å². The third kappa shape index (κ3) is 6.79. The maximum atomic E-state index is 13.0. The molecule has 0 N–H and O–H groups in total. The first kappa shape index (κ1) is 25.6. The molecule has 6 heteroatoms. The van der Waals surface area contributed by atoms with Gasteiger partial charge in [-0.15, -0.1) is 12.6 Å². The van der Waals surface area contributed by atoms with Gasteiger partial charge in [0.1, 0.15) is 0 Å². The normalized spacial score (nSPS) is 23.5. The zero-order valence-electron chi connectivity index (χ0n) is 21.5. The van der Waals surface area contributed by atoms with Crippen LogP contribution in [0.5, 0.6) is 0 Å². The molecular formula is C28H44N4OS. The van der Waals surface area contributed by atoms with Gasteiger partial charge in [-0.3, -0.25) is 9.69 Å². The molecule has 1 aliphatic carbocycles. The van der Waals surface area contributed by atoms with Crippen molar-refractivity contribution in [2.24, 2.45) is 5.41 Å². The molecule has 0 unspecified atom stereocenters. The lowest BCUT2D eigenvalue weighted by atomic mass is 9.79. The molecular weight excluding hydrogens is 440 g/mol. The van der Waals surface area contributed by atoms with Gasteiger partial charge in [0.15, 0.2) is 0 Å². The quantitative estimate of drug-likeness (QED) is 0.491. The predicted molar refractivity (Wildman–Crippen MR) is 145 cm³/mol. The fourth-order valence-electron chi connectivity index (χ4n) is 5.69. The minimum absolute atomic E-state index is 0.319. The fourth-order valence-corrected chi connectivity index (χ4v) is 5.83. The lowest BCUT2D eigenvalue weighted by Crippen LogP contribution is -2.51. The summed E-state index contributed by atoms with van der Waals surface area (Å²) in [5.74, 6) is 0.321. The second kappa shape index (κ2) is 11.5. The van der Waals surface area contributed by atoms with Gasteiger partial charge in [-0.2, -0.15) is 0 Å². The molecule has 0 saturated carbocycles. The van der Waals surface area contributed by atoms with Crippen LogP contribution in [0.4, 0.5) is 5.69 Å². The van der Waals surface area contributed by atoms with Crippen LogP contribution < -0.4 is 4.90 Å². The first-order chi connectivity index (χ1) is 16.3. The van der Waals surface area contributed by atoms with Gasteiger partial charge >= 0.3 is 0 Å². The van der Waals surface area contributed by atoms with Gasteiger partial charge in [0.2, 0.25) is 5.91 Å². The Bertz CT molecular complexity index is 839. The van der Waals surface area contributed by atoms with Gasteiger partial charge in [-0.25, -0.2) is 0 Å². The highest BCUT2D eigenvalue weighted by Gasteiger charge is 2.28. The van der Waals surface area contributed by atoms with Crippen LogP contribution in [0.1, 0.15) is 52.9 Å². The van der Waals surface area contributed by atoms with Gasteiger partial charge in [0.05, 0.1) is 0 Å². The lowest BCUT2D eigenvalue weighted by molar-refractivity contribution is -0.131. The number of allylic oxidation sites excluding steroid dienone is 1. The summed E-state index contributed by atoms with van der Waals surface area (Å²) in [5.41, 5.74) is 3.18. The van der Waals surface area contributed by atoms with Crippen molar-refractivity contribution < 1.29 is 4.79 Å². The maximum absolute atomic E-state index is 13.0. The van der Waals surface area contributed by atoms with E-state index in [9.17, 15) is 4.79 Å². The first-order valence-electron chi connectivity index (χ1n) is 13.3. The number of hydrogen-bond donors (Lipinski definition) is 1. The van der Waals surface area contributed by atoms with Crippen LogP contribution in [-0.2, 0) is 4.79 Å². The van der Waals surface area contributed by atoms with Crippen molar-refractivity contribution in [1.82, 2.24) is 14.7 Å². The Morgan fingerprint density at radius 2 is 1.71 bits per heavy atom. The van der Waals surface area contributed by atoms with Crippen LogP contribution >= 0.6 is 12.6 Å². The fraction of sp³-hybridized carbons (Fsp3) is 0.679. The van der Waals surface area contributed by atoms with Gasteiger partial charge < -0.3 is 14.7 Å². The number of piperazine rings is 1. The van der Waals surface area contributed by atoms with Crippen LogP contribution in [-0.4, -0.2) is 85.6 Å². The summed E-state index contributed by atoms with van der Waals surface area (Å²) in [7, 11) is 0. The number of hydrogen-bond acceptors (Lipinski definition) is 5. The van der Waals surface area contributed by atoms with Crippen molar-refractivity contribution in [3.63, 3.8) is 0 Å². The Morgan fingerprint density at radius 1 is 0.971 bits per heavy atom. The predicted octanol–water partition coefficient (Wildman–Crippen LogP) is 4.55. The molecule has 2 heterocycles. The minimum atomic E-state index is 0.319. The largest absolute Gasteiger partial charge is 0.370 e. The van der Waals surface area contributed by atoms with E-state index in [1.54, 1.807) is 5.57 Å². The monoisotopic (exact) mass is 484 g/mol. The average Bonchev–Trinajstić information content (AvgIpc) is 3.09. The Kier molecular flexibility index (Phi) is 8.65. The Labute approximate surface area is 212 Å². The maximum Gasteiger partial charge on any atom is 0.223 e. The summed E-state index contributed by atoms with van der Waals surface area (Å²) in [6, 6.07) is 9.05. The first-order valence-corrected chi connectivity index (χ1v) is 13.7. The van der Waals surface area contributed by atoms with E-state index in [1.165, 1.54) is 24.9 Å². The van der Waals surface area contributed by atoms with E-state index >= 15 is 0 Å². The van der Waals surface area contributed by atoms with Crippen LogP contribution in [0.2, 0.25) is 0 Å². The Hall–Kier alpha value is -1.50. The summed E-state index contributed by atoms with van der Waals surface area (Å²) in [6.45, 7) is 16.0. The van der Waals surface area contributed by atoms with Crippen LogP contribution in [0.25, 0.3) is 0 Å². The second-order valence-electron chi connectivity index (χ2n) is 11.3. The van der Waals surface area contributed by atoms with E-state index in [0.717, 1.165) is 70.2 Å². The molecule has 0 radical (unpaired) electrons. The molecule has 1 amide bonds. The molecule has 4 rings (SSSR count). The topological polar surface area (TPSA) is 30.0 Å². The van der Waals surface area contributed by atoms with E-state index in [0.29, 0.717) is 23.8 Å². The van der Waals surface area contributed by atoms with E-state index in [-0.39, 0.29) is 0 Å². The highest BCUT2D eigenvalue weighted by atomic mass is 32.1. The number of benzene rings is 1. The second-order valence-corrected chi connectivity index (χ2v) is 11.8. The van der Waals surface area contributed by atoms with E-state index in [2.05, 4.69) is 71.2 Å². The third-order valence-electron chi connectivity index (χ3n) is 7.98. The van der Waals surface area contributed by atoms with Crippen molar-refractivity contribution in [2.45, 2.75) is 63.8 Å². The minimum Gasteiger partial charge on any atom is -0.370 e. The molecule has 1 aromatic rings. The average molecular weight is 485 g/mol. The van der Waals surface area contributed by atoms with Crippen LogP contribution in [0, 0.1) is 5.41 Å². The highest BCUT2D eigenvalue weighted by molar-refractivity contribution is 7.80. The van der Waals surface area contributed by atoms with Crippen molar-refractivity contribution >= 4 is 24.2 Å². The van der Waals surface area contributed by atoms with Gasteiger partial charge in [0, 0.05) is 81.9 Å². The number of carbonyl (C=O) groups is 1. The summed E-state index contributed by atoms with van der Waals surface area (Å²) in [5, 5.41) is 0. The summed E-state index contributed by atoms with van der Waals surface area (Å²) >= 11 is 4.39. The number of thiol groups is 1. The molecule has 2 aliphatic heterocycles. The number of nitrogens with zero attached hydrogens (tertiary/aromatic N) is 4. The van der Waals surface area contributed by atoms with Gasteiger partial charge in [-0.1, -0.05) is 32.4 Å². The third-order valence-corrected chi connectivity index (χ3v) is 8.27. The summed E-state index contributed by atoms with van der Waals surface area (Å²) < 4.78 is 0. The molecule has 34 heavy (non-hydrogen) atoms. The number of carbonyl (C=O) groups excluding carboxylic acids is 1. The lowest BCUT2D eigenvalue weighted by Gasteiger charge is -2.41. The Balaban J connectivity index is 1.17. The SMILES string of the molecule is CC(C)(C)C1=CC[C@@H](N2CCN(CCC(=O)N3CCCN(c4ccc(S)cc4)CC3)CC2)CC1. The van der Waals surface area contributed by atoms with Gasteiger partial charge in [0.25, 0.3) is 0 Å². The summed E-state index contributed by atoms with van der Waals surface area (Å²) in [6.07, 6.45) is 7.94. The molecule has 5 nitrogen and oxygen atoms in total. The van der Waals surface area contributed by atoms with E-state index in [1.807, 2.05) is 12.1 Å². The molecule has 2 fully saturated rings. The van der Waals surface area contributed by atoms with Crippen molar-refractivity contribution in [3.05, 3.63) is 35.9 Å². The molecule has 1 atom stereocenters. The zero-order valence-corrected chi connectivity index (χ0v) is 22.4. The van der Waals surface area contributed by atoms with Gasteiger partial charge in [-0.05, 0) is 55.4 Å². The zero-order chi connectivity index (χ0) is 24.1. The number of rotatable bonds is 5. The molecule has 2 saturated heterocycles. The molecule has 0 bridgehead atoms.